The minimum Gasteiger partial charge on any atom is -0.453 e. The molecule has 0 radical (unpaired) electrons. The molecule has 1 aromatic carbocycles. The molecule has 0 spiro atoms. The number of hydrogen-bond acceptors (Lipinski definition) is 3. The van der Waals surface area contributed by atoms with Gasteiger partial charge in [-0.15, -0.1) is 0 Å². The third kappa shape index (κ3) is 1.97. The van der Waals surface area contributed by atoms with E-state index in [-0.39, 0.29) is 22.6 Å². The van der Waals surface area contributed by atoms with Gasteiger partial charge >= 0.3 is 6.18 Å². The second-order valence-electron chi connectivity index (χ2n) is 4.10. The molecule has 3 rings (SSSR count). The van der Waals surface area contributed by atoms with Crippen LogP contribution in [0, 0.1) is 0 Å². The van der Waals surface area contributed by atoms with Crippen molar-refractivity contribution in [2.75, 3.05) is 0 Å². The number of para-hydroxylation sites is 1. The lowest BCUT2D eigenvalue weighted by atomic mass is 10.1. The molecule has 0 saturated heterocycles. The van der Waals surface area contributed by atoms with Crippen molar-refractivity contribution in [1.82, 2.24) is 9.97 Å². The van der Waals surface area contributed by atoms with E-state index < -0.39 is 12.0 Å². The minimum absolute atomic E-state index is 0.101. The third-order valence-corrected chi connectivity index (χ3v) is 2.79. The highest BCUT2D eigenvalue weighted by Gasteiger charge is 2.35. The van der Waals surface area contributed by atoms with Crippen LogP contribution in [0.25, 0.3) is 22.4 Å². The number of hydrogen-bond donors (Lipinski definition) is 1. The quantitative estimate of drug-likeness (QED) is 0.729. The number of halogens is 3. The SMILES string of the molecule is O=Cc1ccc(-c2cccc3[nH]c(C(F)(F)F)nc23)o1. The average molecular weight is 280 g/mol. The van der Waals surface area contributed by atoms with Crippen LogP contribution >= 0.6 is 0 Å². The van der Waals surface area contributed by atoms with Gasteiger partial charge in [-0.25, -0.2) is 4.98 Å². The van der Waals surface area contributed by atoms with Crippen LogP contribution in [0.3, 0.4) is 0 Å². The number of aromatic amines is 1. The molecule has 3 aromatic rings. The standard InChI is InChI=1S/C13H7F3N2O2/c14-13(15,16)12-17-9-3-1-2-8(11(9)18-12)10-5-4-7(6-19)20-10/h1-6H,(H,17,18). The Hall–Kier alpha value is -2.57. The Bertz CT molecular complexity index is 786. The van der Waals surface area contributed by atoms with Gasteiger partial charge < -0.3 is 9.40 Å². The first-order valence-corrected chi connectivity index (χ1v) is 5.60. The maximum Gasteiger partial charge on any atom is 0.449 e. The van der Waals surface area contributed by atoms with Gasteiger partial charge in [0.15, 0.2) is 12.0 Å². The topological polar surface area (TPSA) is 58.9 Å². The molecular formula is C13H7F3N2O2. The normalized spacial score (nSPS) is 11.9. The molecule has 20 heavy (non-hydrogen) atoms. The number of imidazole rings is 1. The summed E-state index contributed by atoms with van der Waals surface area (Å²) in [4.78, 5) is 16.4. The maximum absolute atomic E-state index is 12.7. The summed E-state index contributed by atoms with van der Waals surface area (Å²) in [6, 6.07) is 7.61. The number of carbonyl (C=O) groups excluding carboxylic acids is 1. The number of benzene rings is 1. The molecule has 102 valence electrons. The molecule has 0 aliphatic rings. The Balaban J connectivity index is 2.20. The van der Waals surface area contributed by atoms with Gasteiger partial charge in [0.05, 0.1) is 11.0 Å². The van der Waals surface area contributed by atoms with Gasteiger partial charge in [0.2, 0.25) is 5.82 Å². The van der Waals surface area contributed by atoms with E-state index in [0.29, 0.717) is 11.8 Å². The van der Waals surface area contributed by atoms with Crippen LogP contribution in [0.2, 0.25) is 0 Å². The Morgan fingerprint density at radius 2 is 2.00 bits per heavy atom. The first kappa shape index (κ1) is 12.5. The molecule has 0 fully saturated rings. The zero-order valence-electron chi connectivity index (χ0n) is 9.86. The van der Waals surface area contributed by atoms with Gasteiger partial charge in [-0.05, 0) is 24.3 Å². The summed E-state index contributed by atoms with van der Waals surface area (Å²) < 4.78 is 43.2. The van der Waals surface area contributed by atoms with E-state index in [0.717, 1.165) is 0 Å². The third-order valence-electron chi connectivity index (χ3n) is 2.79. The van der Waals surface area contributed by atoms with Crippen molar-refractivity contribution in [1.29, 1.82) is 0 Å². The summed E-state index contributed by atoms with van der Waals surface area (Å²) in [5, 5.41) is 0. The van der Waals surface area contributed by atoms with E-state index in [1.807, 2.05) is 0 Å². The fraction of sp³-hybridized carbons (Fsp3) is 0.0769. The molecular weight excluding hydrogens is 273 g/mol. The second kappa shape index (κ2) is 4.22. The lowest BCUT2D eigenvalue weighted by Crippen LogP contribution is -2.06. The number of carbonyl (C=O) groups is 1. The minimum atomic E-state index is -4.55. The zero-order valence-corrected chi connectivity index (χ0v) is 9.86. The number of alkyl halides is 3. The van der Waals surface area contributed by atoms with Crippen molar-refractivity contribution in [2.24, 2.45) is 0 Å². The van der Waals surface area contributed by atoms with Gasteiger partial charge in [-0.2, -0.15) is 13.2 Å². The predicted molar refractivity (Wildman–Crippen MR) is 64.2 cm³/mol. The van der Waals surface area contributed by atoms with Crippen molar-refractivity contribution in [3.63, 3.8) is 0 Å². The zero-order chi connectivity index (χ0) is 14.3. The van der Waals surface area contributed by atoms with Crippen LogP contribution in [0.4, 0.5) is 13.2 Å². The summed E-state index contributed by atoms with van der Waals surface area (Å²) in [7, 11) is 0. The number of aromatic nitrogens is 2. The van der Waals surface area contributed by atoms with E-state index in [2.05, 4.69) is 9.97 Å². The largest absolute Gasteiger partial charge is 0.453 e. The highest BCUT2D eigenvalue weighted by molar-refractivity contribution is 5.91. The van der Waals surface area contributed by atoms with Gasteiger partial charge in [0.25, 0.3) is 0 Å². The van der Waals surface area contributed by atoms with E-state index in [1.165, 1.54) is 18.2 Å². The van der Waals surface area contributed by atoms with Crippen LogP contribution in [0.15, 0.2) is 34.7 Å². The molecule has 0 amide bonds. The molecule has 2 heterocycles. The summed E-state index contributed by atoms with van der Waals surface area (Å²) in [5.41, 5.74) is 0.785. The van der Waals surface area contributed by atoms with E-state index >= 15 is 0 Å². The molecule has 0 aliphatic carbocycles. The summed E-state index contributed by atoms with van der Waals surface area (Å²) in [5.74, 6) is -0.677. The molecule has 0 unspecified atom stereocenters. The Morgan fingerprint density at radius 1 is 1.20 bits per heavy atom. The smallest absolute Gasteiger partial charge is 0.449 e. The Labute approximate surface area is 110 Å². The summed E-state index contributed by atoms with van der Waals surface area (Å²) in [6.45, 7) is 0. The number of nitrogens with zero attached hydrogens (tertiary/aromatic N) is 1. The first-order valence-electron chi connectivity index (χ1n) is 5.60. The molecule has 2 aromatic heterocycles. The van der Waals surface area contributed by atoms with Crippen molar-refractivity contribution in [2.45, 2.75) is 6.18 Å². The van der Waals surface area contributed by atoms with Crippen molar-refractivity contribution < 1.29 is 22.4 Å². The van der Waals surface area contributed by atoms with Crippen LogP contribution in [-0.4, -0.2) is 16.3 Å². The lowest BCUT2D eigenvalue weighted by molar-refractivity contribution is -0.144. The fourth-order valence-corrected chi connectivity index (χ4v) is 1.93. The van der Waals surface area contributed by atoms with Crippen molar-refractivity contribution in [3.05, 3.63) is 41.9 Å². The molecule has 4 nitrogen and oxygen atoms in total. The number of nitrogens with one attached hydrogen (secondary N) is 1. The van der Waals surface area contributed by atoms with E-state index in [9.17, 15) is 18.0 Å². The number of rotatable bonds is 2. The van der Waals surface area contributed by atoms with Crippen LogP contribution < -0.4 is 0 Å². The maximum atomic E-state index is 12.7. The molecule has 0 bridgehead atoms. The lowest BCUT2D eigenvalue weighted by Gasteiger charge is -1.99. The van der Waals surface area contributed by atoms with Crippen molar-refractivity contribution in [3.8, 4) is 11.3 Å². The van der Waals surface area contributed by atoms with Gasteiger partial charge in [0.1, 0.15) is 5.76 Å². The Morgan fingerprint density at radius 3 is 2.65 bits per heavy atom. The summed E-state index contributed by atoms with van der Waals surface area (Å²) in [6.07, 6.45) is -4.03. The van der Waals surface area contributed by atoms with E-state index in [1.54, 1.807) is 12.1 Å². The molecule has 1 N–H and O–H groups in total. The highest BCUT2D eigenvalue weighted by atomic mass is 19.4. The van der Waals surface area contributed by atoms with Gasteiger partial charge in [-0.3, -0.25) is 4.79 Å². The molecule has 7 heteroatoms. The molecule has 0 saturated carbocycles. The van der Waals surface area contributed by atoms with Gasteiger partial charge in [-0.1, -0.05) is 6.07 Å². The number of aldehydes is 1. The second-order valence-corrected chi connectivity index (χ2v) is 4.10. The monoisotopic (exact) mass is 280 g/mol. The van der Waals surface area contributed by atoms with E-state index in [4.69, 9.17) is 4.42 Å². The molecule has 0 aliphatic heterocycles. The number of furan rings is 1. The summed E-state index contributed by atoms with van der Waals surface area (Å²) >= 11 is 0. The van der Waals surface area contributed by atoms with Gasteiger partial charge in [0, 0.05) is 5.56 Å². The number of H-pyrrole nitrogens is 1. The highest BCUT2D eigenvalue weighted by Crippen LogP contribution is 2.33. The predicted octanol–water partition coefficient (Wildman–Crippen LogP) is 3.65. The van der Waals surface area contributed by atoms with Crippen LogP contribution in [0.1, 0.15) is 16.4 Å². The van der Waals surface area contributed by atoms with Crippen LogP contribution in [0.5, 0.6) is 0 Å². The Kier molecular flexibility index (Phi) is 2.63. The fourth-order valence-electron chi connectivity index (χ4n) is 1.93. The molecule has 0 atom stereocenters. The number of fused-ring (bicyclic) bond motifs is 1. The van der Waals surface area contributed by atoms with Crippen LogP contribution in [-0.2, 0) is 6.18 Å². The first-order chi connectivity index (χ1) is 9.49. The average Bonchev–Trinajstić information content (AvgIpc) is 3.04. The van der Waals surface area contributed by atoms with Crippen molar-refractivity contribution >= 4 is 17.3 Å².